The van der Waals surface area contributed by atoms with E-state index in [2.05, 4.69) is 24.9 Å². The molecule has 360 valence electrons. The minimum Gasteiger partial charge on any atom is -0.352 e. The molecule has 0 radical (unpaired) electrons. The van der Waals surface area contributed by atoms with Crippen molar-refractivity contribution in [1.29, 1.82) is 0 Å². The number of hydrogen-bond acceptors (Lipinski definition) is 12. The molecule has 0 atom stereocenters. The van der Waals surface area contributed by atoms with Gasteiger partial charge in [-0.2, -0.15) is 0 Å². The Bertz CT molecular complexity index is 2410. The molecular formula is C53H60N8O8. The van der Waals surface area contributed by atoms with Crippen LogP contribution in [-0.2, 0) is 0 Å². The zero-order chi connectivity index (χ0) is 48.4. The lowest BCUT2D eigenvalue weighted by molar-refractivity contribution is 0.0621. The first-order chi connectivity index (χ1) is 33.5. The fraction of sp³-hybridized carbons (Fsp3) is 0.396. The number of ketones is 1. The van der Waals surface area contributed by atoms with Gasteiger partial charge in [0.2, 0.25) is 0 Å². The van der Waals surface area contributed by atoms with Crippen LogP contribution in [0.4, 0.5) is 0 Å². The molecule has 4 aromatic rings. The van der Waals surface area contributed by atoms with Gasteiger partial charge in [-0.3, -0.25) is 53.1 Å². The van der Waals surface area contributed by atoms with E-state index in [4.69, 9.17) is 0 Å². The molecule has 16 heteroatoms. The second-order valence-electron chi connectivity index (χ2n) is 18.1. The minimum absolute atomic E-state index is 0.175. The van der Waals surface area contributed by atoms with Gasteiger partial charge in [0.15, 0.2) is 5.78 Å². The van der Waals surface area contributed by atoms with Crippen molar-refractivity contribution in [3.05, 3.63) is 142 Å². The Labute approximate surface area is 402 Å². The van der Waals surface area contributed by atoms with Gasteiger partial charge in [0.25, 0.3) is 41.4 Å². The van der Waals surface area contributed by atoms with Gasteiger partial charge in [-0.15, -0.1) is 0 Å². The van der Waals surface area contributed by atoms with E-state index in [1.165, 1.54) is 21.6 Å². The maximum Gasteiger partial charge on any atom is 0.261 e. The van der Waals surface area contributed by atoms with Gasteiger partial charge in [-0.25, -0.2) is 0 Å². The number of nitrogens with zero attached hydrogens (tertiary/aromatic N) is 7. The van der Waals surface area contributed by atoms with Crippen molar-refractivity contribution in [2.75, 3.05) is 105 Å². The summed E-state index contributed by atoms with van der Waals surface area (Å²) in [6.07, 6.45) is 2.41. The molecule has 1 fully saturated rings. The van der Waals surface area contributed by atoms with Crippen molar-refractivity contribution in [3.8, 4) is 0 Å². The first-order valence-corrected chi connectivity index (χ1v) is 24.1. The fourth-order valence-electron chi connectivity index (χ4n) is 9.74. The molecule has 0 spiro atoms. The molecule has 4 heterocycles. The number of carbonyl (C=O) groups excluding carboxylic acids is 8. The molecule has 69 heavy (non-hydrogen) atoms. The summed E-state index contributed by atoms with van der Waals surface area (Å²) in [6, 6.07) is 27.5. The van der Waals surface area contributed by atoms with Crippen LogP contribution in [0.5, 0.6) is 0 Å². The number of Topliss-reactive ketones (excluding diaryl/α,β-unsaturated/α-hetero) is 1. The Morgan fingerprint density at radius 1 is 0.377 bits per heavy atom. The van der Waals surface area contributed by atoms with Crippen molar-refractivity contribution >= 4 is 47.1 Å². The molecule has 4 aliphatic heterocycles. The fourth-order valence-corrected chi connectivity index (χ4v) is 9.74. The summed E-state index contributed by atoms with van der Waals surface area (Å²) < 4.78 is 0. The Kier molecular flexibility index (Phi) is 16.0. The third kappa shape index (κ3) is 11.3. The zero-order valence-electron chi connectivity index (χ0n) is 39.3. The Morgan fingerprint density at radius 2 is 0.638 bits per heavy atom. The first kappa shape index (κ1) is 48.7. The highest BCUT2D eigenvalue weighted by Crippen LogP contribution is 2.25. The summed E-state index contributed by atoms with van der Waals surface area (Å²) in [4.78, 5) is 118. The average molecular weight is 937 g/mol. The molecule has 4 aliphatic rings. The van der Waals surface area contributed by atoms with Crippen LogP contribution in [0.25, 0.3) is 0 Å². The molecule has 8 rings (SSSR count). The van der Waals surface area contributed by atoms with E-state index in [0.717, 1.165) is 0 Å². The van der Waals surface area contributed by atoms with E-state index >= 15 is 0 Å². The topological polar surface area (TPSA) is 171 Å². The standard InChI is InChI=1S/C53H60N8O8/c1-38(62)39-14-2-3-15-40(39)47(63)54-22-10-23-55-30-32-56(24-11-27-59-48(64)41-16-4-5-17-42(41)49(59)65)34-36-58(26-13-29-61-52(68)45-20-8-9-21-46(45)53(61)69)37-35-57(33-31-55)25-12-28-60-50(66)43-18-6-7-19-44(43)51(60)67/h2-9,14-21H,10-13,22-37H2,1H3,(H,54,63). The monoisotopic (exact) mass is 936 g/mol. The first-order valence-electron chi connectivity index (χ1n) is 24.1. The molecule has 0 aromatic heterocycles. The molecule has 0 unspecified atom stereocenters. The molecule has 0 bridgehead atoms. The van der Waals surface area contributed by atoms with Crippen LogP contribution in [0.15, 0.2) is 97.1 Å². The van der Waals surface area contributed by atoms with Crippen molar-refractivity contribution in [3.63, 3.8) is 0 Å². The number of hydrogen-bond donors (Lipinski definition) is 1. The van der Waals surface area contributed by atoms with E-state index in [1.54, 1.807) is 97.1 Å². The Balaban J connectivity index is 0.942. The van der Waals surface area contributed by atoms with Gasteiger partial charge >= 0.3 is 0 Å². The summed E-state index contributed by atoms with van der Waals surface area (Å²) in [6.45, 7) is 10.9. The van der Waals surface area contributed by atoms with Gasteiger partial charge in [-0.05, 0) is 101 Å². The molecule has 1 N–H and O–H groups in total. The van der Waals surface area contributed by atoms with Gasteiger partial charge < -0.3 is 24.9 Å². The molecule has 7 amide bonds. The normalized spacial score (nSPS) is 17.6. The average Bonchev–Trinajstić information content (AvgIpc) is 3.86. The lowest BCUT2D eigenvalue weighted by Crippen LogP contribution is -2.47. The molecular weight excluding hydrogens is 877 g/mol. The van der Waals surface area contributed by atoms with Gasteiger partial charge in [-0.1, -0.05) is 54.6 Å². The summed E-state index contributed by atoms with van der Waals surface area (Å²) in [5.41, 5.74) is 3.30. The quantitative estimate of drug-likeness (QED) is 0.0855. The number of imide groups is 3. The maximum atomic E-state index is 13.2. The van der Waals surface area contributed by atoms with Gasteiger partial charge in [0, 0.05) is 84.1 Å². The van der Waals surface area contributed by atoms with Crippen molar-refractivity contribution < 1.29 is 38.4 Å². The van der Waals surface area contributed by atoms with E-state index in [1.807, 2.05) is 0 Å². The lowest BCUT2D eigenvalue weighted by Gasteiger charge is -2.35. The smallest absolute Gasteiger partial charge is 0.261 e. The summed E-state index contributed by atoms with van der Waals surface area (Å²) in [7, 11) is 0. The molecule has 0 aliphatic carbocycles. The van der Waals surface area contributed by atoms with Crippen LogP contribution < -0.4 is 5.32 Å². The number of benzene rings is 4. The minimum atomic E-state index is -0.295. The number of carbonyl (C=O) groups is 8. The third-order valence-corrected chi connectivity index (χ3v) is 13.6. The molecule has 1 saturated heterocycles. The van der Waals surface area contributed by atoms with E-state index in [9.17, 15) is 38.4 Å². The number of nitrogens with one attached hydrogen (secondary N) is 1. The van der Waals surface area contributed by atoms with Crippen LogP contribution in [0.2, 0.25) is 0 Å². The zero-order valence-corrected chi connectivity index (χ0v) is 39.3. The highest BCUT2D eigenvalue weighted by atomic mass is 16.2. The van der Waals surface area contributed by atoms with Crippen LogP contribution in [0, 0.1) is 0 Å². The second kappa shape index (κ2) is 22.6. The maximum absolute atomic E-state index is 13.2. The van der Waals surface area contributed by atoms with Crippen LogP contribution in [0.1, 0.15) is 115 Å². The van der Waals surface area contributed by atoms with Crippen molar-refractivity contribution in [2.45, 2.75) is 32.6 Å². The Morgan fingerprint density at radius 3 is 0.928 bits per heavy atom. The number of fused-ring (bicyclic) bond motifs is 3. The Hall–Kier alpha value is -6.72. The van der Waals surface area contributed by atoms with E-state index in [0.29, 0.717) is 168 Å². The SMILES string of the molecule is CC(=O)c1ccccc1C(=O)NCCCN1CCN(CCCN2C(=O)c3ccccc3C2=O)CCN(CCCN2C(=O)c3ccccc3C2=O)CCN(CCCN2C(=O)c3ccccc3C2=O)CC1. The van der Waals surface area contributed by atoms with Crippen molar-refractivity contribution in [1.82, 2.24) is 39.6 Å². The second-order valence-corrected chi connectivity index (χ2v) is 18.1. The van der Waals surface area contributed by atoms with Crippen LogP contribution >= 0.6 is 0 Å². The van der Waals surface area contributed by atoms with Crippen LogP contribution in [0.3, 0.4) is 0 Å². The van der Waals surface area contributed by atoms with Gasteiger partial charge in [0.05, 0.1) is 38.9 Å². The van der Waals surface area contributed by atoms with E-state index < -0.39 is 0 Å². The predicted molar refractivity (Wildman–Crippen MR) is 258 cm³/mol. The summed E-state index contributed by atoms with van der Waals surface area (Å²) in [5, 5.41) is 3.00. The number of amides is 7. The molecule has 16 nitrogen and oxygen atoms in total. The van der Waals surface area contributed by atoms with Gasteiger partial charge in [0.1, 0.15) is 0 Å². The predicted octanol–water partition coefficient (Wildman–Crippen LogP) is 4.29. The summed E-state index contributed by atoms with van der Waals surface area (Å²) >= 11 is 0. The largest absolute Gasteiger partial charge is 0.352 e. The molecule has 4 aromatic carbocycles. The van der Waals surface area contributed by atoms with E-state index in [-0.39, 0.29) is 53.7 Å². The third-order valence-electron chi connectivity index (χ3n) is 13.6. The highest BCUT2D eigenvalue weighted by molar-refractivity contribution is 6.22. The van der Waals surface area contributed by atoms with Crippen molar-refractivity contribution in [2.24, 2.45) is 0 Å². The lowest BCUT2D eigenvalue weighted by atomic mass is 10.0. The van der Waals surface area contributed by atoms with Crippen LogP contribution in [-0.4, -0.2) is 186 Å². The number of rotatable bonds is 18. The highest BCUT2D eigenvalue weighted by Gasteiger charge is 2.37. The molecule has 0 saturated carbocycles. The summed E-state index contributed by atoms with van der Waals surface area (Å²) in [5.74, 6) is -2.11.